The average Bonchev–Trinajstić information content (AvgIpc) is 2.64. The van der Waals surface area contributed by atoms with Crippen molar-refractivity contribution in [2.24, 2.45) is 11.8 Å². The van der Waals surface area contributed by atoms with Crippen molar-refractivity contribution in [2.75, 3.05) is 6.67 Å². The van der Waals surface area contributed by atoms with Crippen LogP contribution in [0.5, 0.6) is 0 Å². The van der Waals surface area contributed by atoms with Crippen molar-refractivity contribution in [1.82, 2.24) is 0 Å². The van der Waals surface area contributed by atoms with Crippen LogP contribution in [0.3, 0.4) is 0 Å². The maximum atomic E-state index is 12.0. The average molecular weight is 327 g/mol. The van der Waals surface area contributed by atoms with Gasteiger partial charge in [-0.1, -0.05) is 30.7 Å². The Morgan fingerprint density at radius 3 is 2.46 bits per heavy atom. The second kappa shape index (κ2) is 11.0. The second-order valence-corrected chi connectivity index (χ2v) is 7.09. The van der Waals surface area contributed by atoms with E-state index in [4.69, 9.17) is 5.26 Å². The summed E-state index contributed by atoms with van der Waals surface area (Å²) in [6.07, 6.45) is 16.4. The van der Waals surface area contributed by atoms with Crippen LogP contribution in [-0.4, -0.2) is 6.67 Å². The molecule has 0 atom stereocenters. The quantitative estimate of drug-likeness (QED) is 0.381. The van der Waals surface area contributed by atoms with Crippen LogP contribution >= 0.6 is 0 Å². The molecule has 0 spiro atoms. The summed E-state index contributed by atoms with van der Waals surface area (Å²) in [5.41, 5.74) is 2.10. The summed E-state index contributed by atoms with van der Waals surface area (Å²) in [7, 11) is 0. The van der Waals surface area contributed by atoms with E-state index in [-0.39, 0.29) is 6.67 Å². The Kier molecular flexibility index (Phi) is 8.60. The first-order chi connectivity index (χ1) is 11.8. The molecule has 130 valence electrons. The van der Waals surface area contributed by atoms with Crippen LogP contribution in [-0.2, 0) is 6.42 Å². The number of aryl methyl sites for hydroxylation is 1. The van der Waals surface area contributed by atoms with Crippen LogP contribution in [0, 0.1) is 23.2 Å². The molecule has 0 saturated heterocycles. The molecule has 0 heterocycles. The zero-order chi connectivity index (χ0) is 17.0. The number of nitrogens with zero attached hydrogens (tertiary/aromatic N) is 1. The van der Waals surface area contributed by atoms with Gasteiger partial charge in [0.1, 0.15) is 0 Å². The summed E-state index contributed by atoms with van der Waals surface area (Å²) in [6.45, 7) is -0.170. The lowest BCUT2D eigenvalue weighted by Crippen LogP contribution is -2.13. The minimum absolute atomic E-state index is 0.170. The van der Waals surface area contributed by atoms with E-state index in [1.807, 2.05) is 12.1 Å². The Morgan fingerprint density at radius 1 is 1.04 bits per heavy atom. The Bertz CT molecular complexity index is 518. The maximum Gasteiger partial charge on any atom is 0.0991 e. The van der Waals surface area contributed by atoms with Gasteiger partial charge in [-0.05, 0) is 87.3 Å². The van der Waals surface area contributed by atoms with Crippen molar-refractivity contribution >= 4 is 0 Å². The molecule has 24 heavy (non-hydrogen) atoms. The number of unbranched alkanes of at least 4 members (excludes halogenated alkanes) is 3. The fraction of sp³-hybridized carbons (Fsp3) is 0.591. The molecule has 1 aromatic carbocycles. The van der Waals surface area contributed by atoms with Gasteiger partial charge in [-0.25, -0.2) is 0 Å². The highest BCUT2D eigenvalue weighted by atomic mass is 19.1. The molecule has 1 aromatic rings. The van der Waals surface area contributed by atoms with E-state index < -0.39 is 0 Å². The molecule has 0 amide bonds. The molecule has 0 aliphatic heterocycles. The predicted molar refractivity (Wildman–Crippen MR) is 98.5 cm³/mol. The van der Waals surface area contributed by atoms with Gasteiger partial charge in [0.25, 0.3) is 0 Å². The van der Waals surface area contributed by atoms with Gasteiger partial charge < -0.3 is 0 Å². The third-order valence-corrected chi connectivity index (χ3v) is 5.23. The van der Waals surface area contributed by atoms with E-state index in [0.717, 1.165) is 49.5 Å². The number of hydrogen-bond acceptors (Lipinski definition) is 1. The number of alkyl halides is 1. The third kappa shape index (κ3) is 6.87. The van der Waals surface area contributed by atoms with E-state index in [2.05, 4.69) is 30.4 Å². The Hall–Kier alpha value is -1.62. The smallest absolute Gasteiger partial charge is 0.0991 e. The van der Waals surface area contributed by atoms with E-state index >= 15 is 0 Å². The third-order valence-electron chi connectivity index (χ3n) is 5.23. The van der Waals surface area contributed by atoms with Crippen LogP contribution in [0.15, 0.2) is 36.4 Å². The first-order valence-electron chi connectivity index (χ1n) is 9.53. The molecule has 2 heteroatoms. The van der Waals surface area contributed by atoms with Crippen LogP contribution < -0.4 is 0 Å². The van der Waals surface area contributed by atoms with Gasteiger partial charge in [0.2, 0.25) is 0 Å². The fourth-order valence-electron chi connectivity index (χ4n) is 3.61. The first kappa shape index (κ1) is 18.7. The van der Waals surface area contributed by atoms with Crippen molar-refractivity contribution in [3.05, 3.63) is 47.5 Å². The standard InChI is InChI=1S/C22H30FN/c23-17-5-3-1-2-4-6-19-7-9-20(10-8-19)11-12-21-13-15-22(18-24)16-14-21/h4,6,13-16,19-20H,1-3,5,7-12,17H2/b6-4+/t19-,20-. The minimum atomic E-state index is -0.170. The molecule has 1 aliphatic carbocycles. The van der Waals surface area contributed by atoms with Crippen LogP contribution in [0.2, 0.25) is 0 Å². The molecule has 1 aliphatic rings. The molecule has 2 rings (SSSR count). The van der Waals surface area contributed by atoms with Crippen molar-refractivity contribution in [2.45, 2.75) is 64.2 Å². The summed E-state index contributed by atoms with van der Waals surface area (Å²) in [6, 6.07) is 10.2. The van der Waals surface area contributed by atoms with Gasteiger partial charge in [-0.15, -0.1) is 0 Å². The lowest BCUT2D eigenvalue weighted by molar-refractivity contribution is 0.296. The SMILES string of the molecule is N#Cc1ccc(CC[C@H]2CC[C@H](/C=C/CCCCCF)CC2)cc1. The molecule has 0 radical (unpaired) electrons. The fourth-order valence-corrected chi connectivity index (χ4v) is 3.61. The topological polar surface area (TPSA) is 23.8 Å². The highest BCUT2D eigenvalue weighted by molar-refractivity contribution is 5.31. The van der Waals surface area contributed by atoms with Crippen molar-refractivity contribution in [3.63, 3.8) is 0 Å². The molecule has 0 N–H and O–H groups in total. The monoisotopic (exact) mass is 327 g/mol. The van der Waals surface area contributed by atoms with E-state index in [0.29, 0.717) is 0 Å². The second-order valence-electron chi connectivity index (χ2n) is 7.09. The Labute approximate surface area is 146 Å². The summed E-state index contributed by atoms with van der Waals surface area (Å²) in [5.74, 6) is 1.62. The van der Waals surface area contributed by atoms with Crippen molar-refractivity contribution in [3.8, 4) is 6.07 Å². The highest BCUT2D eigenvalue weighted by Crippen LogP contribution is 2.32. The van der Waals surface area contributed by atoms with Gasteiger partial charge in [0.15, 0.2) is 0 Å². The van der Waals surface area contributed by atoms with Crippen LogP contribution in [0.4, 0.5) is 4.39 Å². The lowest BCUT2D eigenvalue weighted by Gasteiger charge is -2.26. The zero-order valence-electron chi connectivity index (χ0n) is 14.7. The molecular formula is C22H30FN. The first-order valence-corrected chi connectivity index (χ1v) is 9.53. The van der Waals surface area contributed by atoms with Crippen molar-refractivity contribution < 1.29 is 4.39 Å². The molecule has 0 unspecified atom stereocenters. The Morgan fingerprint density at radius 2 is 1.79 bits per heavy atom. The van der Waals surface area contributed by atoms with Gasteiger partial charge in [-0.2, -0.15) is 5.26 Å². The summed E-state index contributed by atoms with van der Waals surface area (Å²) < 4.78 is 12.0. The van der Waals surface area contributed by atoms with E-state index in [1.54, 1.807) is 0 Å². The Balaban J connectivity index is 1.60. The number of allylic oxidation sites excluding steroid dienone is 2. The molecule has 1 fully saturated rings. The van der Waals surface area contributed by atoms with E-state index in [1.165, 1.54) is 37.7 Å². The zero-order valence-corrected chi connectivity index (χ0v) is 14.7. The predicted octanol–water partition coefficient (Wildman–Crippen LogP) is 6.38. The normalized spacial score (nSPS) is 21.0. The number of halogens is 1. The maximum absolute atomic E-state index is 12.0. The number of nitriles is 1. The van der Waals surface area contributed by atoms with Gasteiger partial charge in [-0.3, -0.25) is 4.39 Å². The van der Waals surface area contributed by atoms with Gasteiger partial charge in [0, 0.05) is 0 Å². The molecular weight excluding hydrogens is 297 g/mol. The number of benzene rings is 1. The number of rotatable bonds is 9. The summed E-state index contributed by atoms with van der Waals surface area (Å²) in [5, 5.41) is 8.83. The van der Waals surface area contributed by atoms with Gasteiger partial charge in [0.05, 0.1) is 18.3 Å². The van der Waals surface area contributed by atoms with Crippen LogP contribution in [0.1, 0.15) is 68.9 Å². The summed E-state index contributed by atoms with van der Waals surface area (Å²) >= 11 is 0. The molecule has 0 aromatic heterocycles. The summed E-state index contributed by atoms with van der Waals surface area (Å²) in [4.78, 5) is 0. The lowest BCUT2D eigenvalue weighted by atomic mass is 9.79. The van der Waals surface area contributed by atoms with Crippen LogP contribution in [0.25, 0.3) is 0 Å². The molecule has 0 bridgehead atoms. The minimum Gasteiger partial charge on any atom is -0.251 e. The highest BCUT2D eigenvalue weighted by Gasteiger charge is 2.19. The molecule has 1 nitrogen and oxygen atoms in total. The largest absolute Gasteiger partial charge is 0.251 e. The van der Waals surface area contributed by atoms with Gasteiger partial charge >= 0.3 is 0 Å². The van der Waals surface area contributed by atoms with Crippen molar-refractivity contribution in [1.29, 1.82) is 5.26 Å². The number of hydrogen-bond donors (Lipinski definition) is 0. The van der Waals surface area contributed by atoms with E-state index in [9.17, 15) is 4.39 Å². The molecule has 1 saturated carbocycles.